The number of phenolic OH excluding ortho intramolecular Hbond substituents is 1. The van der Waals surface area contributed by atoms with Crippen molar-refractivity contribution in [3.63, 3.8) is 0 Å². The number of anilines is 1. The van der Waals surface area contributed by atoms with Crippen LogP contribution in [0.5, 0.6) is 5.75 Å². The van der Waals surface area contributed by atoms with Crippen molar-refractivity contribution in [3.05, 3.63) is 60.8 Å². The van der Waals surface area contributed by atoms with Gasteiger partial charge < -0.3 is 10.0 Å². The third-order valence-electron chi connectivity index (χ3n) is 5.74. The van der Waals surface area contributed by atoms with Gasteiger partial charge in [0.15, 0.2) is 0 Å². The third kappa shape index (κ3) is 2.91. The van der Waals surface area contributed by atoms with Crippen molar-refractivity contribution in [1.29, 1.82) is 0 Å². The van der Waals surface area contributed by atoms with E-state index in [0.717, 1.165) is 41.3 Å². The highest BCUT2D eigenvalue weighted by Gasteiger charge is 2.16. The molecule has 0 amide bonds. The monoisotopic (exact) mass is 357 g/mol. The lowest BCUT2D eigenvalue weighted by molar-refractivity contribution is 0.438. The number of hydrogen-bond donors (Lipinski definition) is 1. The topological polar surface area (TPSA) is 40.8 Å². The fourth-order valence-electron chi connectivity index (χ4n) is 4.01. The summed E-state index contributed by atoms with van der Waals surface area (Å²) in [4.78, 5) is 7.17. The normalized spacial score (nSPS) is 15.7. The number of hydrogen-bond acceptors (Lipinski definition) is 3. The largest absolute Gasteiger partial charge is 0.508 e. The molecule has 1 saturated heterocycles. The summed E-state index contributed by atoms with van der Waals surface area (Å²) in [5, 5.41) is 9.74. The van der Waals surface area contributed by atoms with Crippen molar-refractivity contribution < 1.29 is 5.11 Å². The Labute approximate surface area is 158 Å². The molecule has 0 saturated carbocycles. The summed E-state index contributed by atoms with van der Waals surface area (Å²) >= 11 is 0. The molecular formula is C23H23N3O. The lowest BCUT2D eigenvalue weighted by Gasteiger charge is -2.32. The van der Waals surface area contributed by atoms with Crippen molar-refractivity contribution in [3.8, 4) is 16.9 Å². The minimum absolute atomic E-state index is 0.260. The maximum atomic E-state index is 9.74. The summed E-state index contributed by atoms with van der Waals surface area (Å²) in [6, 6.07) is 18.4. The van der Waals surface area contributed by atoms with Gasteiger partial charge in [-0.2, -0.15) is 0 Å². The molecule has 2 aromatic heterocycles. The first kappa shape index (κ1) is 16.2. The molecule has 0 aliphatic carbocycles. The number of phenols is 1. The van der Waals surface area contributed by atoms with Crippen LogP contribution in [0.1, 0.15) is 19.8 Å². The highest BCUT2D eigenvalue weighted by molar-refractivity contribution is 5.83. The fourth-order valence-corrected chi connectivity index (χ4v) is 4.01. The zero-order valence-corrected chi connectivity index (χ0v) is 15.5. The van der Waals surface area contributed by atoms with Crippen LogP contribution in [0.2, 0.25) is 0 Å². The number of aromatic nitrogens is 2. The number of nitrogens with zero attached hydrogens (tertiary/aromatic N) is 3. The molecule has 1 aliphatic rings. The zero-order chi connectivity index (χ0) is 18.4. The van der Waals surface area contributed by atoms with Gasteiger partial charge in [-0.05, 0) is 66.3 Å². The Morgan fingerprint density at radius 1 is 0.926 bits per heavy atom. The summed E-state index contributed by atoms with van der Waals surface area (Å²) in [7, 11) is 0. The molecule has 1 aliphatic heterocycles. The molecule has 136 valence electrons. The van der Waals surface area contributed by atoms with Gasteiger partial charge in [0.1, 0.15) is 11.4 Å². The first-order valence-electron chi connectivity index (χ1n) is 9.63. The SMILES string of the molecule is CC1CCN(c2ccc(-c3ccn4c(c3)nc3ccc(O)cc34)cc2)CC1. The van der Waals surface area contributed by atoms with E-state index < -0.39 is 0 Å². The Morgan fingerprint density at radius 3 is 2.48 bits per heavy atom. The summed E-state index contributed by atoms with van der Waals surface area (Å²) in [5.74, 6) is 1.11. The van der Waals surface area contributed by atoms with Crippen molar-refractivity contribution >= 4 is 22.4 Å². The van der Waals surface area contributed by atoms with Gasteiger partial charge in [0.05, 0.1) is 11.0 Å². The van der Waals surface area contributed by atoms with E-state index in [1.54, 1.807) is 12.1 Å². The number of fused-ring (bicyclic) bond motifs is 3. The second-order valence-electron chi connectivity index (χ2n) is 7.64. The highest BCUT2D eigenvalue weighted by Crippen LogP contribution is 2.28. The molecule has 5 rings (SSSR count). The van der Waals surface area contributed by atoms with Crippen LogP contribution in [-0.4, -0.2) is 27.6 Å². The van der Waals surface area contributed by atoms with Gasteiger partial charge in [0, 0.05) is 31.0 Å². The lowest BCUT2D eigenvalue weighted by Crippen LogP contribution is -2.32. The maximum Gasteiger partial charge on any atom is 0.138 e. The molecule has 4 aromatic rings. The molecular weight excluding hydrogens is 334 g/mol. The second kappa shape index (κ2) is 6.31. The van der Waals surface area contributed by atoms with Gasteiger partial charge >= 0.3 is 0 Å². The minimum atomic E-state index is 0.260. The molecule has 4 heteroatoms. The molecule has 27 heavy (non-hydrogen) atoms. The number of rotatable bonds is 2. The van der Waals surface area contributed by atoms with E-state index >= 15 is 0 Å². The van der Waals surface area contributed by atoms with Crippen LogP contribution in [0.15, 0.2) is 60.8 Å². The molecule has 3 heterocycles. The number of imidazole rings is 1. The van der Waals surface area contributed by atoms with E-state index in [1.165, 1.54) is 24.1 Å². The highest BCUT2D eigenvalue weighted by atomic mass is 16.3. The Kier molecular flexibility index (Phi) is 3.78. The molecule has 0 radical (unpaired) electrons. The number of piperidine rings is 1. The van der Waals surface area contributed by atoms with E-state index in [4.69, 9.17) is 0 Å². The Hall–Kier alpha value is -3.01. The van der Waals surface area contributed by atoms with Crippen LogP contribution in [0.25, 0.3) is 27.8 Å². The van der Waals surface area contributed by atoms with Crippen LogP contribution in [-0.2, 0) is 0 Å². The van der Waals surface area contributed by atoms with Gasteiger partial charge in [0.25, 0.3) is 0 Å². The molecule has 0 spiro atoms. The smallest absolute Gasteiger partial charge is 0.138 e. The summed E-state index contributed by atoms with van der Waals surface area (Å²) in [6.45, 7) is 4.65. The molecule has 1 fully saturated rings. The second-order valence-corrected chi connectivity index (χ2v) is 7.64. The number of aromatic hydroxyl groups is 1. The van der Waals surface area contributed by atoms with Crippen LogP contribution < -0.4 is 4.90 Å². The molecule has 0 atom stereocenters. The van der Waals surface area contributed by atoms with E-state index in [1.807, 2.05) is 16.7 Å². The summed E-state index contributed by atoms with van der Waals surface area (Å²) in [5.41, 5.74) is 6.36. The average Bonchev–Trinajstić information content (AvgIpc) is 3.06. The van der Waals surface area contributed by atoms with E-state index in [0.29, 0.717) is 0 Å². The maximum absolute atomic E-state index is 9.74. The average molecular weight is 357 g/mol. The van der Waals surface area contributed by atoms with Gasteiger partial charge in [-0.3, -0.25) is 4.40 Å². The first-order valence-corrected chi connectivity index (χ1v) is 9.63. The minimum Gasteiger partial charge on any atom is -0.508 e. The van der Waals surface area contributed by atoms with E-state index in [-0.39, 0.29) is 5.75 Å². The molecule has 1 N–H and O–H groups in total. The van der Waals surface area contributed by atoms with Crippen LogP contribution in [0, 0.1) is 5.92 Å². The van der Waals surface area contributed by atoms with Crippen molar-refractivity contribution in [2.24, 2.45) is 5.92 Å². The first-order chi connectivity index (χ1) is 13.2. The molecule has 2 aromatic carbocycles. The van der Waals surface area contributed by atoms with Crippen molar-refractivity contribution in [2.75, 3.05) is 18.0 Å². The molecule has 0 bridgehead atoms. The predicted molar refractivity (Wildman–Crippen MR) is 110 cm³/mol. The summed E-state index contributed by atoms with van der Waals surface area (Å²) < 4.78 is 2.02. The van der Waals surface area contributed by atoms with Crippen LogP contribution >= 0.6 is 0 Å². The van der Waals surface area contributed by atoms with Gasteiger partial charge in [-0.15, -0.1) is 0 Å². The standard InChI is InChI=1S/C23H23N3O/c1-16-8-11-25(12-9-16)19-4-2-17(3-5-19)18-10-13-26-22-15-20(27)6-7-21(22)24-23(26)14-18/h2-7,10,13-16,27H,8-9,11-12H2,1H3. The lowest BCUT2D eigenvalue weighted by atomic mass is 9.98. The predicted octanol–water partition coefficient (Wildman–Crippen LogP) is 5.10. The van der Waals surface area contributed by atoms with Crippen molar-refractivity contribution in [1.82, 2.24) is 9.38 Å². The van der Waals surface area contributed by atoms with Gasteiger partial charge in [-0.1, -0.05) is 19.1 Å². The third-order valence-corrected chi connectivity index (χ3v) is 5.74. The Bertz CT molecular complexity index is 1110. The van der Waals surface area contributed by atoms with Gasteiger partial charge in [0.2, 0.25) is 0 Å². The zero-order valence-electron chi connectivity index (χ0n) is 15.5. The molecule has 4 nitrogen and oxygen atoms in total. The van der Waals surface area contributed by atoms with E-state index in [2.05, 4.69) is 53.2 Å². The quantitative estimate of drug-likeness (QED) is 0.543. The van der Waals surface area contributed by atoms with Crippen LogP contribution in [0.3, 0.4) is 0 Å². The fraction of sp³-hybridized carbons (Fsp3) is 0.261. The van der Waals surface area contributed by atoms with E-state index in [9.17, 15) is 5.11 Å². The number of pyridine rings is 1. The Balaban J connectivity index is 1.47. The van der Waals surface area contributed by atoms with Crippen LogP contribution in [0.4, 0.5) is 5.69 Å². The summed E-state index contributed by atoms with van der Waals surface area (Å²) in [6.07, 6.45) is 4.59. The molecule has 0 unspecified atom stereocenters. The van der Waals surface area contributed by atoms with Crippen molar-refractivity contribution in [2.45, 2.75) is 19.8 Å². The Morgan fingerprint density at radius 2 is 1.70 bits per heavy atom. The number of benzene rings is 2. The van der Waals surface area contributed by atoms with Gasteiger partial charge in [-0.25, -0.2) is 4.98 Å².